The van der Waals surface area contributed by atoms with Crippen LogP contribution in [0.5, 0.6) is 0 Å². The van der Waals surface area contributed by atoms with Crippen molar-refractivity contribution in [2.45, 2.75) is 38.8 Å². The van der Waals surface area contributed by atoms with Crippen molar-refractivity contribution >= 4 is 34.9 Å². The monoisotopic (exact) mass is 500 g/mol. The molecule has 2 aliphatic rings. The van der Waals surface area contributed by atoms with E-state index in [0.717, 1.165) is 36.3 Å². The number of fused-ring (bicyclic) bond motifs is 4. The topological polar surface area (TPSA) is 79.7 Å². The van der Waals surface area contributed by atoms with Crippen molar-refractivity contribution in [3.63, 3.8) is 0 Å². The fourth-order valence-corrected chi connectivity index (χ4v) is 5.15. The summed E-state index contributed by atoms with van der Waals surface area (Å²) in [5.41, 5.74) is 2.92. The van der Waals surface area contributed by atoms with Crippen molar-refractivity contribution in [3.05, 3.63) is 80.5 Å². The number of hydrogen-bond donors (Lipinski definition) is 1. The molecule has 1 N–H and O–H groups in total. The SMILES string of the molecule is Cc1cc2c(cc1C(=O)N1Cc3c(F)ccc(F)c3C1)[nH]c(=O)c1cnc(C3CCOCC3)n12.Cl. The van der Waals surface area contributed by atoms with E-state index < -0.39 is 11.6 Å². The molecule has 0 radical (unpaired) electrons. The van der Waals surface area contributed by atoms with E-state index in [2.05, 4.69) is 9.97 Å². The average molecular weight is 501 g/mol. The molecule has 1 fully saturated rings. The van der Waals surface area contributed by atoms with E-state index in [-0.39, 0.29) is 54.0 Å². The summed E-state index contributed by atoms with van der Waals surface area (Å²) in [4.78, 5) is 35.0. The van der Waals surface area contributed by atoms with Gasteiger partial charge < -0.3 is 14.6 Å². The maximum Gasteiger partial charge on any atom is 0.274 e. The smallest absolute Gasteiger partial charge is 0.274 e. The van der Waals surface area contributed by atoms with E-state index in [0.29, 0.717) is 35.4 Å². The number of rotatable bonds is 2. The van der Waals surface area contributed by atoms with Crippen LogP contribution in [0.3, 0.4) is 0 Å². The number of amides is 1. The summed E-state index contributed by atoms with van der Waals surface area (Å²) in [5, 5.41) is 0. The second-order valence-corrected chi connectivity index (χ2v) is 9.01. The van der Waals surface area contributed by atoms with Crippen LogP contribution >= 0.6 is 12.4 Å². The minimum absolute atomic E-state index is 0. The van der Waals surface area contributed by atoms with Crippen molar-refractivity contribution in [1.82, 2.24) is 19.3 Å². The highest BCUT2D eigenvalue weighted by Crippen LogP contribution is 2.31. The van der Waals surface area contributed by atoms with Crippen LogP contribution in [0.2, 0.25) is 0 Å². The number of H-pyrrole nitrogens is 1. The van der Waals surface area contributed by atoms with Crippen LogP contribution in [-0.4, -0.2) is 38.4 Å². The molecule has 0 spiro atoms. The highest BCUT2D eigenvalue weighted by Gasteiger charge is 2.30. The van der Waals surface area contributed by atoms with E-state index in [9.17, 15) is 18.4 Å². The number of aromatic nitrogens is 3. The number of carbonyl (C=O) groups is 1. The van der Waals surface area contributed by atoms with E-state index in [4.69, 9.17) is 4.74 Å². The van der Waals surface area contributed by atoms with E-state index >= 15 is 0 Å². The number of imidazole rings is 1. The summed E-state index contributed by atoms with van der Waals surface area (Å²) in [6, 6.07) is 5.68. The first-order valence-corrected chi connectivity index (χ1v) is 11.3. The summed E-state index contributed by atoms with van der Waals surface area (Å²) < 4.78 is 35.7. The number of hydrogen-bond acceptors (Lipinski definition) is 4. The lowest BCUT2D eigenvalue weighted by atomic mass is 9.99. The third kappa shape index (κ3) is 3.70. The van der Waals surface area contributed by atoms with Gasteiger partial charge in [-0.2, -0.15) is 0 Å². The minimum atomic E-state index is -0.519. The molecule has 182 valence electrons. The van der Waals surface area contributed by atoms with Crippen molar-refractivity contribution in [2.75, 3.05) is 13.2 Å². The largest absolute Gasteiger partial charge is 0.381 e. The lowest BCUT2D eigenvalue weighted by molar-refractivity contribution is 0.0749. The Kier molecular flexibility index (Phi) is 5.85. The van der Waals surface area contributed by atoms with Crippen LogP contribution in [0.1, 0.15) is 51.6 Å². The minimum Gasteiger partial charge on any atom is -0.381 e. The fraction of sp³-hybridized carbons (Fsp3) is 0.320. The van der Waals surface area contributed by atoms with Crippen molar-refractivity contribution in [3.8, 4) is 0 Å². The second-order valence-electron chi connectivity index (χ2n) is 9.01. The Morgan fingerprint density at radius 2 is 1.74 bits per heavy atom. The molecular weight excluding hydrogens is 478 g/mol. The quantitative estimate of drug-likeness (QED) is 0.446. The third-order valence-corrected chi connectivity index (χ3v) is 6.97. The molecule has 0 atom stereocenters. The molecule has 6 rings (SSSR count). The molecule has 1 saturated heterocycles. The standard InChI is InChI=1S/C25H22F2N4O3.ClH/c1-13-8-21-20(29-24(32)22-10-28-23(31(21)22)14-4-6-34-7-5-14)9-15(13)25(33)30-11-16-17(12-30)19(27)3-2-18(16)26;/h2-3,8-10,14H,4-7,11-12H2,1H3,(H,29,32);1H. The molecule has 2 aromatic carbocycles. The zero-order chi connectivity index (χ0) is 23.6. The lowest BCUT2D eigenvalue weighted by Crippen LogP contribution is -2.26. The van der Waals surface area contributed by atoms with Crippen LogP contribution in [0.15, 0.2) is 35.3 Å². The van der Waals surface area contributed by atoms with Gasteiger partial charge in [0.1, 0.15) is 23.0 Å². The zero-order valence-electron chi connectivity index (χ0n) is 18.9. The van der Waals surface area contributed by atoms with Crippen LogP contribution in [0, 0.1) is 18.6 Å². The fourth-order valence-electron chi connectivity index (χ4n) is 5.15. The zero-order valence-corrected chi connectivity index (χ0v) is 19.8. The summed E-state index contributed by atoms with van der Waals surface area (Å²) in [6.07, 6.45) is 3.24. The number of ether oxygens (including phenoxy) is 1. The molecule has 35 heavy (non-hydrogen) atoms. The lowest BCUT2D eigenvalue weighted by Gasteiger charge is -2.22. The molecule has 7 nitrogen and oxygen atoms in total. The van der Waals surface area contributed by atoms with Crippen LogP contribution in [0.4, 0.5) is 8.78 Å². The van der Waals surface area contributed by atoms with Gasteiger partial charge in [0.15, 0.2) is 0 Å². The van der Waals surface area contributed by atoms with Gasteiger partial charge in [-0.3, -0.25) is 14.0 Å². The van der Waals surface area contributed by atoms with Gasteiger partial charge in [0.2, 0.25) is 0 Å². The Morgan fingerprint density at radius 3 is 2.40 bits per heavy atom. The number of nitrogens with zero attached hydrogens (tertiary/aromatic N) is 3. The number of benzene rings is 2. The predicted octanol–water partition coefficient (Wildman–Crippen LogP) is 4.23. The first kappa shape index (κ1) is 23.4. The van der Waals surface area contributed by atoms with Crippen LogP contribution in [0.25, 0.3) is 16.6 Å². The van der Waals surface area contributed by atoms with Crippen LogP contribution in [-0.2, 0) is 17.8 Å². The van der Waals surface area contributed by atoms with Gasteiger partial charge in [-0.15, -0.1) is 12.4 Å². The Balaban J connectivity index is 0.00000253. The van der Waals surface area contributed by atoms with Gasteiger partial charge in [0.25, 0.3) is 11.5 Å². The van der Waals surface area contributed by atoms with Gasteiger partial charge in [0.05, 0.1) is 17.2 Å². The molecule has 4 aromatic rings. The Bertz CT molecular complexity index is 1510. The van der Waals surface area contributed by atoms with Gasteiger partial charge in [-0.05, 0) is 49.6 Å². The molecule has 10 heteroatoms. The summed E-state index contributed by atoms with van der Waals surface area (Å²) in [5.74, 6) is -0.390. The third-order valence-electron chi connectivity index (χ3n) is 6.97. The molecular formula is C25H23ClF2N4O3. The second kappa shape index (κ2) is 8.73. The van der Waals surface area contributed by atoms with Gasteiger partial charge in [-0.25, -0.2) is 13.8 Å². The van der Waals surface area contributed by atoms with Crippen molar-refractivity contribution in [1.29, 1.82) is 0 Å². The molecule has 2 aromatic heterocycles. The highest BCUT2D eigenvalue weighted by molar-refractivity contribution is 5.99. The normalized spacial score (nSPS) is 16.0. The first-order chi connectivity index (χ1) is 16.4. The molecule has 2 aliphatic heterocycles. The number of carbonyl (C=O) groups excluding carboxylic acids is 1. The maximum absolute atomic E-state index is 14.2. The van der Waals surface area contributed by atoms with Crippen molar-refractivity contribution in [2.24, 2.45) is 0 Å². The Morgan fingerprint density at radius 1 is 1.09 bits per heavy atom. The summed E-state index contributed by atoms with van der Waals surface area (Å²) in [6.45, 7) is 3.12. The number of aryl methyl sites for hydroxylation is 1. The number of halogens is 3. The number of aromatic amines is 1. The highest BCUT2D eigenvalue weighted by atomic mass is 35.5. The Hall–Kier alpha value is -3.30. The predicted molar refractivity (Wildman–Crippen MR) is 128 cm³/mol. The van der Waals surface area contributed by atoms with Gasteiger partial charge >= 0.3 is 0 Å². The van der Waals surface area contributed by atoms with Gasteiger partial charge in [-0.1, -0.05) is 0 Å². The van der Waals surface area contributed by atoms with E-state index in [1.807, 2.05) is 17.4 Å². The molecule has 4 heterocycles. The maximum atomic E-state index is 14.2. The molecule has 1 amide bonds. The number of nitrogens with one attached hydrogen (secondary N) is 1. The van der Waals surface area contributed by atoms with Gasteiger partial charge in [0, 0.05) is 48.9 Å². The van der Waals surface area contributed by atoms with Crippen LogP contribution < -0.4 is 5.56 Å². The Labute approximate surface area is 205 Å². The summed E-state index contributed by atoms with van der Waals surface area (Å²) >= 11 is 0. The molecule has 0 unspecified atom stereocenters. The van der Waals surface area contributed by atoms with Crippen molar-refractivity contribution < 1.29 is 18.3 Å². The van der Waals surface area contributed by atoms with E-state index in [1.54, 1.807) is 12.3 Å². The summed E-state index contributed by atoms with van der Waals surface area (Å²) in [7, 11) is 0. The molecule has 0 saturated carbocycles. The van der Waals surface area contributed by atoms with E-state index in [1.165, 1.54) is 4.90 Å². The first-order valence-electron chi connectivity index (χ1n) is 11.3. The molecule has 0 bridgehead atoms. The molecule has 0 aliphatic carbocycles. The average Bonchev–Trinajstić information content (AvgIpc) is 3.49.